The van der Waals surface area contributed by atoms with Crippen molar-refractivity contribution in [3.05, 3.63) is 71.6 Å². The Morgan fingerprint density at radius 3 is 2.78 bits per heavy atom. The number of hydrogen-bond acceptors (Lipinski definition) is 2. The molecule has 2 rings (SSSR count). The van der Waals surface area contributed by atoms with E-state index >= 15 is 0 Å². The summed E-state index contributed by atoms with van der Waals surface area (Å²) in [4.78, 5) is 10.9. The second kappa shape index (κ2) is 6.01. The molecule has 0 saturated heterocycles. The molecule has 0 unspecified atom stereocenters. The quantitative estimate of drug-likeness (QED) is 0.687. The predicted octanol–water partition coefficient (Wildman–Crippen LogP) is 3.76. The first-order chi connectivity index (χ1) is 8.75. The second-order valence-corrected chi connectivity index (χ2v) is 4.16. The van der Waals surface area contributed by atoms with Crippen molar-refractivity contribution >= 4 is 5.97 Å². The zero-order valence-corrected chi connectivity index (χ0v) is 10.4. The highest BCUT2D eigenvalue weighted by Gasteiger charge is 2.06. The molecule has 2 nitrogen and oxygen atoms in total. The molecule has 0 fully saturated rings. The van der Waals surface area contributed by atoms with E-state index in [-0.39, 0.29) is 5.97 Å². The fourth-order valence-corrected chi connectivity index (χ4v) is 1.87. The molecule has 2 aliphatic rings. The summed E-state index contributed by atoms with van der Waals surface area (Å²) in [6, 6.07) is 0. The number of allylic oxidation sites excluding steroid dienone is 11. The van der Waals surface area contributed by atoms with Crippen molar-refractivity contribution < 1.29 is 9.53 Å². The number of esters is 1. The lowest BCUT2D eigenvalue weighted by Gasteiger charge is -2.03. The summed E-state index contributed by atoms with van der Waals surface area (Å²) in [5, 5.41) is 0. The molecule has 18 heavy (non-hydrogen) atoms. The van der Waals surface area contributed by atoms with Gasteiger partial charge in [-0.3, -0.25) is 4.79 Å². The SMILES string of the molecule is CC(=O)OC1=CC=C(C2=CC=CC=CC2)C=CC1. The minimum absolute atomic E-state index is 0.272. The zero-order valence-electron chi connectivity index (χ0n) is 10.4. The van der Waals surface area contributed by atoms with Crippen LogP contribution in [0, 0.1) is 0 Å². The summed E-state index contributed by atoms with van der Waals surface area (Å²) in [7, 11) is 0. The second-order valence-electron chi connectivity index (χ2n) is 4.16. The van der Waals surface area contributed by atoms with Gasteiger partial charge in [0, 0.05) is 13.3 Å². The van der Waals surface area contributed by atoms with Crippen LogP contribution in [0.4, 0.5) is 0 Å². The highest BCUT2D eigenvalue weighted by Crippen LogP contribution is 2.22. The van der Waals surface area contributed by atoms with Crippen LogP contribution < -0.4 is 0 Å². The minimum atomic E-state index is -0.272. The fraction of sp³-hybridized carbons (Fsp3) is 0.188. The third-order valence-corrected chi connectivity index (χ3v) is 2.70. The van der Waals surface area contributed by atoms with E-state index in [0.29, 0.717) is 12.2 Å². The van der Waals surface area contributed by atoms with Gasteiger partial charge in [0.15, 0.2) is 0 Å². The van der Waals surface area contributed by atoms with Gasteiger partial charge in [0.25, 0.3) is 0 Å². The van der Waals surface area contributed by atoms with Gasteiger partial charge in [0.1, 0.15) is 5.76 Å². The number of carbonyl (C=O) groups excluding carboxylic acids is 1. The molecule has 0 aromatic rings. The van der Waals surface area contributed by atoms with Crippen LogP contribution >= 0.6 is 0 Å². The van der Waals surface area contributed by atoms with Gasteiger partial charge >= 0.3 is 5.97 Å². The molecule has 0 aliphatic heterocycles. The largest absolute Gasteiger partial charge is 0.431 e. The normalized spacial score (nSPS) is 18.4. The predicted molar refractivity (Wildman–Crippen MR) is 72.7 cm³/mol. The Balaban J connectivity index is 2.19. The lowest BCUT2D eigenvalue weighted by molar-refractivity contribution is -0.136. The minimum Gasteiger partial charge on any atom is -0.431 e. The average molecular weight is 240 g/mol. The maximum Gasteiger partial charge on any atom is 0.307 e. The van der Waals surface area contributed by atoms with E-state index in [1.54, 1.807) is 0 Å². The third-order valence-electron chi connectivity index (χ3n) is 2.70. The first-order valence-electron chi connectivity index (χ1n) is 6.04. The lowest BCUT2D eigenvalue weighted by atomic mass is 10.0. The highest BCUT2D eigenvalue weighted by atomic mass is 16.5. The van der Waals surface area contributed by atoms with E-state index in [1.165, 1.54) is 12.5 Å². The number of rotatable bonds is 2. The summed E-state index contributed by atoms with van der Waals surface area (Å²) in [6.45, 7) is 1.42. The summed E-state index contributed by atoms with van der Waals surface area (Å²) in [6.07, 6.45) is 19.9. The molecule has 92 valence electrons. The molecule has 2 heteroatoms. The van der Waals surface area contributed by atoms with E-state index in [0.717, 1.165) is 12.0 Å². The van der Waals surface area contributed by atoms with Gasteiger partial charge in [0.2, 0.25) is 0 Å². The molecule has 0 aromatic heterocycles. The maximum absolute atomic E-state index is 10.9. The summed E-state index contributed by atoms with van der Waals surface area (Å²) in [5.74, 6) is 0.417. The summed E-state index contributed by atoms with van der Waals surface area (Å²) in [5.41, 5.74) is 2.42. The molecule has 0 N–H and O–H groups in total. The standard InChI is InChI=1S/C16H16O2/c1-13(17)18-16-10-6-9-15(11-12-16)14-7-4-2-3-5-8-14/h2-7,9,11-12H,8,10H2,1H3. The number of ether oxygens (including phenoxy) is 1. The smallest absolute Gasteiger partial charge is 0.307 e. The van der Waals surface area contributed by atoms with Gasteiger partial charge in [-0.15, -0.1) is 0 Å². The van der Waals surface area contributed by atoms with E-state index in [1.807, 2.05) is 36.5 Å². The number of hydrogen-bond donors (Lipinski definition) is 0. The zero-order chi connectivity index (χ0) is 12.8. The molecule has 0 saturated carbocycles. The average Bonchev–Trinajstić information content (AvgIpc) is 2.70. The molecule has 2 aliphatic carbocycles. The van der Waals surface area contributed by atoms with Crippen LogP contribution in [0.2, 0.25) is 0 Å². The van der Waals surface area contributed by atoms with Crippen LogP contribution in [-0.4, -0.2) is 5.97 Å². The van der Waals surface area contributed by atoms with E-state index < -0.39 is 0 Å². The molecule has 0 atom stereocenters. The Morgan fingerprint density at radius 1 is 1.06 bits per heavy atom. The summed E-state index contributed by atoms with van der Waals surface area (Å²) >= 11 is 0. The van der Waals surface area contributed by atoms with Gasteiger partial charge in [0.05, 0.1) is 0 Å². The third kappa shape index (κ3) is 3.45. The first-order valence-corrected chi connectivity index (χ1v) is 6.04. The maximum atomic E-state index is 10.9. The van der Waals surface area contributed by atoms with Crippen molar-refractivity contribution in [1.29, 1.82) is 0 Å². The van der Waals surface area contributed by atoms with Crippen LogP contribution in [0.3, 0.4) is 0 Å². The van der Waals surface area contributed by atoms with Crippen molar-refractivity contribution in [2.45, 2.75) is 19.8 Å². The van der Waals surface area contributed by atoms with Crippen LogP contribution in [0.5, 0.6) is 0 Å². The molecular formula is C16H16O2. The van der Waals surface area contributed by atoms with Crippen LogP contribution in [0.15, 0.2) is 71.6 Å². The number of carbonyl (C=O) groups is 1. The van der Waals surface area contributed by atoms with Crippen molar-refractivity contribution in [2.24, 2.45) is 0 Å². The van der Waals surface area contributed by atoms with Gasteiger partial charge in [-0.05, 0) is 23.6 Å². The van der Waals surface area contributed by atoms with Crippen molar-refractivity contribution in [3.8, 4) is 0 Å². The van der Waals surface area contributed by atoms with Crippen molar-refractivity contribution in [1.82, 2.24) is 0 Å². The fourth-order valence-electron chi connectivity index (χ4n) is 1.87. The first kappa shape index (κ1) is 12.4. The van der Waals surface area contributed by atoms with Gasteiger partial charge in [-0.2, -0.15) is 0 Å². The molecule has 0 aromatic carbocycles. The monoisotopic (exact) mass is 240 g/mol. The van der Waals surface area contributed by atoms with Gasteiger partial charge < -0.3 is 4.74 Å². The van der Waals surface area contributed by atoms with Crippen molar-refractivity contribution in [2.75, 3.05) is 0 Å². The Hall–Kier alpha value is -2.09. The van der Waals surface area contributed by atoms with E-state index in [2.05, 4.69) is 18.2 Å². The Bertz CT molecular complexity index is 511. The van der Waals surface area contributed by atoms with Crippen LogP contribution in [0.1, 0.15) is 19.8 Å². The highest BCUT2D eigenvalue weighted by molar-refractivity contribution is 5.67. The molecule has 0 heterocycles. The van der Waals surface area contributed by atoms with E-state index in [4.69, 9.17) is 4.74 Å². The Morgan fingerprint density at radius 2 is 1.94 bits per heavy atom. The summed E-state index contributed by atoms with van der Waals surface area (Å²) < 4.78 is 5.11. The lowest BCUT2D eigenvalue weighted by Crippen LogP contribution is -1.97. The molecule has 0 spiro atoms. The molecule has 0 radical (unpaired) electrons. The van der Waals surface area contributed by atoms with Gasteiger partial charge in [-0.25, -0.2) is 0 Å². The molecular weight excluding hydrogens is 224 g/mol. The van der Waals surface area contributed by atoms with Gasteiger partial charge in [-0.1, -0.05) is 48.6 Å². The topological polar surface area (TPSA) is 26.3 Å². The van der Waals surface area contributed by atoms with E-state index in [9.17, 15) is 4.79 Å². The van der Waals surface area contributed by atoms with Crippen LogP contribution in [-0.2, 0) is 9.53 Å². The Kier molecular flexibility index (Phi) is 4.13. The Labute approximate surface area is 107 Å². The van der Waals surface area contributed by atoms with Crippen molar-refractivity contribution in [3.63, 3.8) is 0 Å². The van der Waals surface area contributed by atoms with Crippen LogP contribution in [0.25, 0.3) is 0 Å². The molecule has 0 amide bonds. The molecule has 0 bridgehead atoms.